The van der Waals surface area contributed by atoms with Gasteiger partial charge in [0.2, 0.25) is 0 Å². The number of aliphatic carboxylic acids is 1. The van der Waals surface area contributed by atoms with E-state index in [9.17, 15) is 24.3 Å². The largest absolute Gasteiger partial charge is 0.480 e. The number of unbranched alkanes of at least 4 members (excludes halogenated alkanes) is 4. The minimum absolute atomic E-state index is 0.0252. The molecule has 1 rings (SSSR count). The summed E-state index contributed by atoms with van der Waals surface area (Å²) in [7, 11) is 0. The molecule has 9 nitrogen and oxygen atoms in total. The van der Waals surface area contributed by atoms with Crippen LogP contribution in [0.25, 0.3) is 0 Å². The summed E-state index contributed by atoms with van der Waals surface area (Å²) >= 11 is 0. The number of carbonyl (C=O) groups is 4. The Hall–Kier alpha value is -2.94. The fraction of sp³-hybridized carbons (Fsp3) is 0.643. The van der Waals surface area contributed by atoms with Gasteiger partial charge in [0.15, 0.2) is 11.5 Å². The highest BCUT2D eigenvalue weighted by Crippen LogP contribution is 2.35. The van der Waals surface area contributed by atoms with Crippen LogP contribution in [0.1, 0.15) is 104 Å². The summed E-state index contributed by atoms with van der Waals surface area (Å²) in [6.07, 6.45) is 4.95. The van der Waals surface area contributed by atoms with E-state index in [0.29, 0.717) is 18.4 Å². The van der Waals surface area contributed by atoms with Crippen LogP contribution in [0.5, 0.6) is 11.5 Å². The molecule has 0 aliphatic rings. The molecule has 0 aromatic heterocycles. The molecule has 9 heteroatoms. The number of esters is 3. The second-order valence-electron chi connectivity index (χ2n) is 9.68. The minimum Gasteiger partial charge on any atom is -0.480 e. The lowest BCUT2D eigenvalue weighted by atomic mass is 9.87. The maximum atomic E-state index is 12.5. The summed E-state index contributed by atoms with van der Waals surface area (Å²) in [5, 5.41) is 9.62. The van der Waals surface area contributed by atoms with E-state index < -0.39 is 41.9 Å². The molecule has 208 valence electrons. The molecular weight excluding hydrogens is 478 g/mol. The van der Waals surface area contributed by atoms with Crippen LogP contribution in [-0.4, -0.2) is 41.1 Å². The Labute approximate surface area is 220 Å². The van der Waals surface area contributed by atoms with Gasteiger partial charge in [0.1, 0.15) is 6.04 Å². The summed E-state index contributed by atoms with van der Waals surface area (Å²) in [4.78, 5) is 48.6. The number of ether oxygens (including phenoxy) is 3. The van der Waals surface area contributed by atoms with Gasteiger partial charge in [0.05, 0.1) is 12.0 Å². The lowest BCUT2D eigenvalue weighted by Gasteiger charge is -2.26. The molecule has 0 fully saturated rings. The van der Waals surface area contributed by atoms with Crippen molar-refractivity contribution in [3.05, 3.63) is 23.8 Å². The van der Waals surface area contributed by atoms with E-state index >= 15 is 0 Å². The van der Waals surface area contributed by atoms with Crippen LogP contribution < -0.4 is 15.2 Å². The molecule has 1 aromatic rings. The van der Waals surface area contributed by atoms with Gasteiger partial charge >= 0.3 is 23.9 Å². The molecule has 0 heterocycles. The Kier molecular flexibility index (Phi) is 14.5. The predicted octanol–water partition coefficient (Wildman–Crippen LogP) is 5.13. The fourth-order valence-electron chi connectivity index (χ4n) is 3.71. The van der Waals surface area contributed by atoms with Crippen molar-refractivity contribution in [3.63, 3.8) is 0 Å². The van der Waals surface area contributed by atoms with Crippen molar-refractivity contribution < 1.29 is 38.5 Å². The number of benzene rings is 1. The number of carboxylic acid groups (broad SMARTS) is 1. The maximum absolute atomic E-state index is 12.5. The molecule has 0 aliphatic heterocycles. The molecule has 0 saturated heterocycles. The van der Waals surface area contributed by atoms with Gasteiger partial charge in [-0.2, -0.15) is 0 Å². The van der Waals surface area contributed by atoms with Gasteiger partial charge in [0.25, 0.3) is 0 Å². The van der Waals surface area contributed by atoms with Crippen molar-refractivity contribution in [1.29, 1.82) is 0 Å². The van der Waals surface area contributed by atoms with Gasteiger partial charge in [-0.1, -0.05) is 59.4 Å². The van der Waals surface area contributed by atoms with E-state index in [2.05, 4.69) is 0 Å². The lowest BCUT2D eigenvalue weighted by Crippen LogP contribution is -2.38. The molecule has 0 bridgehead atoms. The third kappa shape index (κ3) is 11.8. The molecule has 37 heavy (non-hydrogen) atoms. The fourth-order valence-corrected chi connectivity index (χ4v) is 3.71. The van der Waals surface area contributed by atoms with E-state index in [1.54, 1.807) is 26.8 Å². The first-order valence-corrected chi connectivity index (χ1v) is 13.2. The molecule has 0 saturated carbocycles. The molecule has 3 atom stereocenters. The Morgan fingerprint density at radius 1 is 0.865 bits per heavy atom. The molecule has 0 aliphatic carbocycles. The van der Waals surface area contributed by atoms with E-state index in [1.807, 2.05) is 13.8 Å². The highest BCUT2D eigenvalue weighted by Gasteiger charge is 2.30. The summed E-state index contributed by atoms with van der Waals surface area (Å²) < 4.78 is 16.5. The summed E-state index contributed by atoms with van der Waals surface area (Å²) in [6, 6.07) is 3.24. The van der Waals surface area contributed by atoms with Crippen LogP contribution in [0.4, 0.5) is 0 Å². The lowest BCUT2D eigenvalue weighted by molar-refractivity contribution is -0.152. The number of rotatable bonds is 17. The van der Waals surface area contributed by atoms with Crippen LogP contribution in [0.2, 0.25) is 0 Å². The molecule has 0 radical (unpaired) electrons. The van der Waals surface area contributed by atoms with Crippen LogP contribution in [-0.2, 0) is 23.9 Å². The van der Waals surface area contributed by atoms with Crippen LogP contribution in [0, 0.1) is 5.92 Å². The average Bonchev–Trinajstić information content (AvgIpc) is 2.83. The zero-order valence-corrected chi connectivity index (χ0v) is 22.8. The Balaban J connectivity index is 3.27. The normalized spacial score (nSPS) is 13.5. The van der Waals surface area contributed by atoms with Gasteiger partial charge in [0, 0.05) is 18.8 Å². The smallest absolute Gasteiger partial charge is 0.321 e. The van der Waals surface area contributed by atoms with Gasteiger partial charge in [-0.15, -0.1) is 0 Å². The minimum atomic E-state index is -1.31. The topological polar surface area (TPSA) is 142 Å². The Morgan fingerprint density at radius 3 is 1.89 bits per heavy atom. The standard InChI is InChI=1S/C28H43NO8/c1-6-8-10-12-24(30)36-22-15-14-20(17-23(22)37-25(31)13-11-9-7-2)21(26(29)27(32)33)16-19(5)35-28(34)18(3)4/h14-15,17-19,21,26H,6-13,16,29H2,1-5H3,(H,32,33)/t19?,21?,26-/m0/s1. The van der Waals surface area contributed by atoms with Crippen molar-refractivity contribution >= 4 is 23.9 Å². The van der Waals surface area contributed by atoms with Crippen LogP contribution >= 0.6 is 0 Å². The number of nitrogens with two attached hydrogens (primary N) is 1. The van der Waals surface area contributed by atoms with Crippen molar-refractivity contribution in [1.82, 2.24) is 0 Å². The van der Waals surface area contributed by atoms with Crippen LogP contribution in [0.3, 0.4) is 0 Å². The summed E-state index contributed by atoms with van der Waals surface area (Å²) in [6.45, 7) is 9.14. The highest BCUT2D eigenvalue weighted by molar-refractivity contribution is 5.77. The molecular formula is C28H43NO8. The molecule has 0 spiro atoms. The maximum Gasteiger partial charge on any atom is 0.321 e. The van der Waals surface area contributed by atoms with Crippen LogP contribution in [0.15, 0.2) is 18.2 Å². The highest BCUT2D eigenvalue weighted by atomic mass is 16.6. The van der Waals surface area contributed by atoms with Gasteiger partial charge in [-0.25, -0.2) is 0 Å². The zero-order valence-electron chi connectivity index (χ0n) is 22.8. The second-order valence-corrected chi connectivity index (χ2v) is 9.68. The zero-order chi connectivity index (χ0) is 28.0. The van der Waals surface area contributed by atoms with Crippen molar-refractivity contribution in [2.24, 2.45) is 11.7 Å². The SMILES string of the molecule is CCCCCC(=O)Oc1ccc(C(CC(C)OC(=O)C(C)C)[C@H](N)C(=O)O)cc1OC(=O)CCCCC. The Bertz CT molecular complexity index is 898. The number of hydrogen-bond acceptors (Lipinski definition) is 8. The number of carboxylic acids is 1. The Morgan fingerprint density at radius 2 is 1.41 bits per heavy atom. The van der Waals surface area contributed by atoms with E-state index in [-0.39, 0.29) is 36.7 Å². The third-order valence-electron chi connectivity index (χ3n) is 5.91. The van der Waals surface area contributed by atoms with Gasteiger partial charge in [-0.05, 0) is 43.9 Å². The van der Waals surface area contributed by atoms with E-state index in [0.717, 1.165) is 25.7 Å². The van der Waals surface area contributed by atoms with Gasteiger partial charge < -0.3 is 25.1 Å². The monoisotopic (exact) mass is 521 g/mol. The van der Waals surface area contributed by atoms with Crippen molar-refractivity contribution in [2.75, 3.05) is 0 Å². The van der Waals surface area contributed by atoms with E-state index in [4.69, 9.17) is 19.9 Å². The predicted molar refractivity (Wildman–Crippen MR) is 139 cm³/mol. The molecule has 0 amide bonds. The first-order chi connectivity index (χ1) is 17.5. The second kappa shape index (κ2) is 16.7. The van der Waals surface area contributed by atoms with Gasteiger partial charge in [-0.3, -0.25) is 19.2 Å². The summed E-state index contributed by atoms with van der Waals surface area (Å²) in [5.41, 5.74) is 6.48. The number of hydrogen-bond donors (Lipinski definition) is 2. The summed E-state index contributed by atoms with van der Waals surface area (Å²) in [5.74, 6) is -3.55. The first-order valence-electron chi connectivity index (χ1n) is 13.2. The first kappa shape index (κ1) is 32.1. The number of carbonyl (C=O) groups excluding carboxylic acids is 3. The molecule has 3 N–H and O–H groups in total. The molecule has 2 unspecified atom stereocenters. The third-order valence-corrected chi connectivity index (χ3v) is 5.91. The quantitative estimate of drug-likeness (QED) is 0.162. The molecule has 1 aromatic carbocycles. The van der Waals surface area contributed by atoms with E-state index in [1.165, 1.54) is 12.1 Å². The van der Waals surface area contributed by atoms with Crippen molar-refractivity contribution in [2.45, 2.75) is 110 Å². The average molecular weight is 522 g/mol. The van der Waals surface area contributed by atoms with Crippen molar-refractivity contribution in [3.8, 4) is 11.5 Å².